The van der Waals surface area contributed by atoms with Crippen LogP contribution in [0.25, 0.3) is 0 Å². The summed E-state index contributed by atoms with van der Waals surface area (Å²) in [5.74, 6) is -0.272. The first kappa shape index (κ1) is 15.4. The molecule has 2 aromatic carbocycles. The third-order valence-corrected chi connectivity index (χ3v) is 3.94. The number of carbonyl (C=O) groups is 1. The van der Waals surface area contributed by atoms with Crippen molar-refractivity contribution in [2.24, 2.45) is 0 Å². The second-order valence-corrected chi connectivity index (χ2v) is 6.31. The fraction of sp³-hybridized carbons (Fsp3) is 0.0667. The van der Waals surface area contributed by atoms with E-state index in [-0.39, 0.29) is 5.91 Å². The molecule has 1 amide bonds. The summed E-state index contributed by atoms with van der Waals surface area (Å²) in [7, 11) is 0. The van der Waals surface area contributed by atoms with Gasteiger partial charge in [0.1, 0.15) is 0 Å². The maximum absolute atomic E-state index is 12.0. The topological polar surface area (TPSA) is 29.1 Å². The summed E-state index contributed by atoms with van der Waals surface area (Å²) in [4.78, 5) is 12.5. The summed E-state index contributed by atoms with van der Waals surface area (Å²) in [6.07, 6.45) is 0.530. The van der Waals surface area contributed by atoms with Gasteiger partial charge in [-0.2, -0.15) is 0 Å². The predicted molar refractivity (Wildman–Crippen MR) is 94.4 cm³/mol. The Morgan fingerprint density at radius 2 is 1.80 bits per heavy atom. The highest BCUT2D eigenvalue weighted by atomic mass is 127. The van der Waals surface area contributed by atoms with Crippen molar-refractivity contribution in [3.63, 3.8) is 0 Å². The molecule has 2 aromatic rings. The Balaban J connectivity index is 2.00. The smallest absolute Gasteiger partial charge is 0.257 e. The van der Waals surface area contributed by atoms with Gasteiger partial charge in [-0.1, -0.05) is 48.1 Å². The van der Waals surface area contributed by atoms with Crippen LogP contribution in [-0.2, 0) is 6.42 Å². The molecule has 0 heterocycles. The molecule has 1 N–H and O–H groups in total. The average molecular weight is 416 g/mol. The Kier molecular flexibility index (Phi) is 5.51. The van der Waals surface area contributed by atoms with E-state index in [4.69, 9.17) is 23.8 Å². The van der Waals surface area contributed by atoms with E-state index in [0.717, 1.165) is 9.13 Å². The van der Waals surface area contributed by atoms with Gasteiger partial charge in [-0.15, -0.1) is 0 Å². The molecule has 20 heavy (non-hydrogen) atoms. The van der Waals surface area contributed by atoms with Crippen LogP contribution in [0.3, 0.4) is 0 Å². The Morgan fingerprint density at radius 3 is 2.45 bits per heavy atom. The van der Waals surface area contributed by atoms with Gasteiger partial charge in [0.05, 0.1) is 15.6 Å². The van der Waals surface area contributed by atoms with Crippen molar-refractivity contribution in [2.75, 3.05) is 0 Å². The van der Waals surface area contributed by atoms with Crippen LogP contribution in [0, 0.1) is 3.57 Å². The second kappa shape index (κ2) is 7.15. The van der Waals surface area contributed by atoms with Gasteiger partial charge in [0.2, 0.25) is 0 Å². The maximum Gasteiger partial charge on any atom is 0.257 e. The summed E-state index contributed by atoms with van der Waals surface area (Å²) in [5.41, 5.74) is 1.49. The minimum atomic E-state index is -0.272. The lowest BCUT2D eigenvalue weighted by molar-refractivity contribution is 0.0977. The van der Waals surface area contributed by atoms with Crippen LogP contribution in [0.2, 0.25) is 5.02 Å². The highest BCUT2D eigenvalue weighted by Gasteiger charge is 2.11. The second-order valence-electron chi connectivity index (χ2n) is 4.16. The monoisotopic (exact) mass is 415 g/mol. The van der Waals surface area contributed by atoms with Crippen LogP contribution in [-0.4, -0.2) is 10.9 Å². The van der Waals surface area contributed by atoms with Gasteiger partial charge in [-0.25, -0.2) is 0 Å². The van der Waals surface area contributed by atoms with E-state index in [1.54, 1.807) is 24.3 Å². The van der Waals surface area contributed by atoms with Gasteiger partial charge in [-0.05, 0) is 52.4 Å². The third kappa shape index (κ3) is 4.26. The molecule has 0 saturated carbocycles. The molecular formula is C15H11ClINOS. The van der Waals surface area contributed by atoms with Crippen LogP contribution in [0.1, 0.15) is 15.9 Å². The van der Waals surface area contributed by atoms with E-state index in [2.05, 4.69) is 27.9 Å². The molecule has 0 bridgehead atoms. The van der Waals surface area contributed by atoms with Gasteiger partial charge in [-0.3, -0.25) is 4.79 Å². The van der Waals surface area contributed by atoms with Crippen LogP contribution < -0.4 is 5.32 Å². The molecule has 0 spiro atoms. The van der Waals surface area contributed by atoms with Gasteiger partial charge in [0.25, 0.3) is 5.91 Å². The molecule has 0 fully saturated rings. The molecule has 102 valence electrons. The summed E-state index contributed by atoms with van der Waals surface area (Å²) in [6, 6.07) is 14.9. The predicted octanol–water partition coefficient (Wildman–Crippen LogP) is 4.24. The van der Waals surface area contributed by atoms with Crippen molar-refractivity contribution >= 4 is 57.3 Å². The fourth-order valence-electron chi connectivity index (χ4n) is 1.67. The summed E-state index contributed by atoms with van der Waals surface area (Å²) < 4.78 is 1.16. The largest absolute Gasteiger partial charge is 0.316 e. The number of hydrogen-bond donors (Lipinski definition) is 1. The molecule has 5 heteroatoms. The van der Waals surface area contributed by atoms with Crippen LogP contribution in [0.5, 0.6) is 0 Å². The zero-order chi connectivity index (χ0) is 14.5. The number of nitrogens with one attached hydrogen (secondary N) is 1. The Bertz CT molecular complexity index is 643. The molecular weight excluding hydrogens is 405 g/mol. The number of benzene rings is 2. The molecule has 0 aliphatic carbocycles. The molecule has 0 radical (unpaired) electrons. The van der Waals surface area contributed by atoms with E-state index in [1.807, 2.05) is 24.3 Å². The first-order chi connectivity index (χ1) is 9.56. The standard InChI is InChI=1S/C15H11ClINOS/c16-13-4-2-1-3-12(13)15(19)18-14(20)9-10-5-7-11(17)8-6-10/h1-8H,9H2,(H,18,19,20). The number of carbonyl (C=O) groups excluding carboxylic acids is 1. The van der Waals surface area contributed by atoms with E-state index < -0.39 is 0 Å². The van der Waals surface area contributed by atoms with Gasteiger partial charge in [0, 0.05) is 9.99 Å². The lowest BCUT2D eigenvalue weighted by Crippen LogP contribution is -2.30. The van der Waals surface area contributed by atoms with Crippen molar-refractivity contribution in [2.45, 2.75) is 6.42 Å². The van der Waals surface area contributed by atoms with E-state index >= 15 is 0 Å². The SMILES string of the molecule is O=C(NC(=S)Cc1ccc(I)cc1)c1ccccc1Cl. The highest BCUT2D eigenvalue weighted by Crippen LogP contribution is 2.14. The van der Waals surface area contributed by atoms with Crippen molar-refractivity contribution in [3.05, 3.63) is 68.3 Å². The first-order valence-corrected chi connectivity index (χ1v) is 7.76. The van der Waals surface area contributed by atoms with Crippen molar-refractivity contribution in [1.82, 2.24) is 5.32 Å². The summed E-state index contributed by atoms with van der Waals surface area (Å²) in [5, 5.41) is 3.12. The molecule has 2 rings (SSSR count). The number of thiocarbonyl (C=S) groups is 1. The quantitative estimate of drug-likeness (QED) is 0.600. The number of hydrogen-bond acceptors (Lipinski definition) is 2. The van der Waals surface area contributed by atoms with Crippen molar-refractivity contribution in [3.8, 4) is 0 Å². The molecule has 0 aromatic heterocycles. The van der Waals surface area contributed by atoms with Crippen LogP contribution in [0.4, 0.5) is 0 Å². The van der Waals surface area contributed by atoms with E-state index in [0.29, 0.717) is 22.0 Å². The minimum absolute atomic E-state index is 0.272. The van der Waals surface area contributed by atoms with E-state index in [1.165, 1.54) is 0 Å². The fourth-order valence-corrected chi connectivity index (χ4v) is 2.51. The third-order valence-electron chi connectivity index (χ3n) is 2.65. The summed E-state index contributed by atoms with van der Waals surface area (Å²) >= 11 is 13.4. The number of halogens is 2. The molecule has 0 aliphatic heterocycles. The molecule has 0 saturated heterocycles. The van der Waals surface area contributed by atoms with Crippen molar-refractivity contribution in [1.29, 1.82) is 0 Å². The highest BCUT2D eigenvalue weighted by molar-refractivity contribution is 14.1. The average Bonchev–Trinajstić information content (AvgIpc) is 2.41. The Labute approximate surface area is 141 Å². The first-order valence-electron chi connectivity index (χ1n) is 5.89. The lowest BCUT2D eigenvalue weighted by Gasteiger charge is -2.08. The summed E-state index contributed by atoms with van der Waals surface area (Å²) in [6.45, 7) is 0. The number of rotatable bonds is 3. The van der Waals surface area contributed by atoms with Crippen LogP contribution in [0.15, 0.2) is 48.5 Å². The van der Waals surface area contributed by atoms with Gasteiger partial charge >= 0.3 is 0 Å². The maximum atomic E-state index is 12.0. The molecule has 0 atom stereocenters. The number of amides is 1. The van der Waals surface area contributed by atoms with Crippen LogP contribution >= 0.6 is 46.4 Å². The molecule has 2 nitrogen and oxygen atoms in total. The zero-order valence-corrected chi connectivity index (χ0v) is 14.1. The van der Waals surface area contributed by atoms with Gasteiger partial charge < -0.3 is 5.32 Å². The normalized spacial score (nSPS) is 10.1. The molecule has 0 aliphatic rings. The van der Waals surface area contributed by atoms with Crippen molar-refractivity contribution < 1.29 is 4.79 Å². The Hall–Kier alpha value is -0.980. The van der Waals surface area contributed by atoms with E-state index in [9.17, 15) is 4.79 Å². The van der Waals surface area contributed by atoms with Gasteiger partial charge in [0.15, 0.2) is 0 Å². The molecule has 0 unspecified atom stereocenters. The Morgan fingerprint density at radius 1 is 1.15 bits per heavy atom. The minimum Gasteiger partial charge on any atom is -0.316 e. The zero-order valence-electron chi connectivity index (χ0n) is 10.4. The lowest BCUT2D eigenvalue weighted by atomic mass is 10.1.